The molecule has 0 aliphatic rings. The van der Waals surface area contributed by atoms with Gasteiger partial charge in [-0.1, -0.05) is 13.8 Å². The number of nitro groups is 1. The second-order valence-electron chi connectivity index (χ2n) is 5.40. The number of nitriles is 1. The van der Waals surface area contributed by atoms with Crippen molar-refractivity contribution >= 4 is 17.3 Å². The lowest BCUT2D eigenvalue weighted by molar-refractivity contribution is -0.384. The maximum atomic E-state index is 12.1. The van der Waals surface area contributed by atoms with E-state index in [2.05, 4.69) is 24.5 Å². The molecule has 24 heavy (non-hydrogen) atoms. The Labute approximate surface area is 140 Å². The summed E-state index contributed by atoms with van der Waals surface area (Å²) < 4.78 is 5.04. The fourth-order valence-electron chi connectivity index (χ4n) is 1.78. The van der Waals surface area contributed by atoms with E-state index in [0.717, 1.165) is 6.42 Å². The number of anilines is 1. The van der Waals surface area contributed by atoms with E-state index < -0.39 is 10.8 Å². The van der Waals surface area contributed by atoms with Crippen molar-refractivity contribution < 1.29 is 14.5 Å². The Balaban J connectivity index is 2.83. The summed E-state index contributed by atoms with van der Waals surface area (Å²) in [5, 5.41) is 25.3. The number of non-ortho nitro benzene ring substituents is 1. The minimum Gasteiger partial charge on any atom is -0.494 e. The van der Waals surface area contributed by atoms with Gasteiger partial charge in [0.15, 0.2) is 0 Å². The third-order valence-corrected chi connectivity index (χ3v) is 3.12. The zero-order chi connectivity index (χ0) is 18.1. The predicted octanol–water partition coefficient (Wildman–Crippen LogP) is 2.59. The van der Waals surface area contributed by atoms with Crippen LogP contribution in [0.3, 0.4) is 0 Å². The van der Waals surface area contributed by atoms with Gasteiger partial charge in [-0.05, 0) is 18.4 Å². The maximum absolute atomic E-state index is 12.1. The Morgan fingerprint density at radius 2 is 2.21 bits per heavy atom. The fraction of sp³-hybridized carbons (Fsp3) is 0.375. The van der Waals surface area contributed by atoms with Gasteiger partial charge in [-0.2, -0.15) is 5.26 Å². The van der Waals surface area contributed by atoms with E-state index in [1.54, 1.807) is 0 Å². The average molecular weight is 332 g/mol. The largest absolute Gasteiger partial charge is 0.494 e. The standard InChI is InChI=1S/C16H20N4O4/c1-11(2)6-7-18-10-12(9-17)16(21)19-14-5-4-13(20(22)23)8-15(14)24-3/h4-5,8,10-11,18H,6-7H2,1-3H3,(H,19,21)/b12-10-. The molecule has 0 aromatic heterocycles. The molecule has 0 heterocycles. The van der Waals surface area contributed by atoms with Gasteiger partial charge in [0.05, 0.1) is 23.8 Å². The molecule has 0 aliphatic heterocycles. The topological polar surface area (TPSA) is 117 Å². The molecule has 0 unspecified atom stereocenters. The van der Waals surface area contributed by atoms with E-state index in [4.69, 9.17) is 10.00 Å². The van der Waals surface area contributed by atoms with Crippen molar-refractivity contribution in [3.05, 3.63) is 40.1 Å². The highest BCUT2D eigenvalue weighted by molar-refractivity contribution is 6.07. The summed E-state index contributed by atoms with van der Waals surface area (Å²) in [4.78, 5) is 22.3. The summed E-state index contributed by atoms with van der Waals surface area (Å²) in [7, 11) is 1.34. The Hall–Kier alpha value is -3.08. The third-order valence-electron chi connectivity index (χ3n) is 3.12. The molecule has 0 bridgehead atoms. The first-order valence-electron chi connectivity index (χ1n) is 7.36. The van der Waals surface area contributed by atoms with Crippen LogP contribution in [-0.4, -0.2) is 24.5 Å². The summed E-state index contributed by atoms with van der Waals surface area (Å²) in [6.07, 6.45) is 2.27. The Morgan fingerprint density at radius 3 is 2.75 bits per heavy atom. The highest BCUT2D eigenvalue weighted by atomic mass is 16.6. The summed E-state index contributed by atoms with van der Waals surface area (Å²) in [5.41, 5.74) is -0.00755. The van der Waals surface area contributed by atoms with Gasteiger partial charge in [-0.15, -0.1) is 0 Å². The number of nitrogens with one attached hydrogen (secondary N) is 2. The second-order valence-corrected chi connectivity index (χ2v) is 5.40. The van der Waals surface area contributed by atoms with Crippen LogP contribution in [-0.2, 0) is 4.79 Å². The number of ether oxygens (including phenoxy) is 1. The number of hydrogen-bond acceptors (Lipinski definition) is 6. The van der Waals surface area contributed by atoms with Crippen LogP contribution in [0.5, 0.6) is 5.75 Å². The van der Waals surface area contributed by atoms with Crippen LogP contribution < -0.4 is 15.4 Å². The van der Waals surface area contributed by atoms with Crippen LogP contribution >= 0.6 is 0 Å². The molecule has 0 fully saturated rings. The molecule has 0 saturated carbocycles. The minimum atomic E-state index is -0.623. The molecule has 0 saturated heterocycles. The molecule has 0 atom stereocenters. The van der Waals surface area contributed by atoms with Gasteiger partial charge in [0.1, 0.15) is 17.4 Å². The smallest absolute Gasteiger partial charge is 0.273 e. The van der Waals surface area contributed by atoms with Crippen LogP contribution in [0.4, 0.5) is 11.4 Å². The van der Waals surface area contributed by atoms with E-state index in [9.17, 15) is 14.9 Å². The lowest BCUT2D eigenvalue weighted by Gasteiger charge is -2.10. The van der Waals surface area contributed by atoms with Gasteiger partial charge < -0.3 is 15.4 Å². The molecule has 1 amide bonds. The van der Waals surface area contributed by atoms with Crippen molar-refractivity contribution in [2.24, 2.45) is 5.92 Å². The zero-order valence-electron chi connectivity index (χ0n) is 13.8. The first-order valence-corrected chi connectivity index (χ1v) is 7.36. The van der Waals surface area contributed by atoms with Crippen LogP contribution in [0.25, 0.3) is 0 Å². The molecule has 8 heteroatoms. The lowest BCUT2D eigenvalue weighted by Crippen LogP contribution is -2.18. The van der Waals surface area contributed by atoms with Crippen LogP contribution in [0, 0.1) is 27.4 Å². The number of hydrogen-bond donors (Lipinski definition) is 2. The van der Waals surface area contributed by atoms with Crippen molar-refractivity contribution in [1.82, 2.24) is 5.32 Å². The van der Waals surface area contributed by atoms with Crippen molar-refractivity contribution in [3.63, 3.8) is 0 Å². The number of methoxy groups -OCH3 is 1. The number of amides is 1. The molecule has 1 rings (SSSR count). The highest BCUT2D eigenvalue weighted by Gasteiger charge is 2.15. The molecular formula is C16H20N4O4. The fourth-order valence-corrected chi connectivity index (χ4v) is 1.78. The first kappa shape index (κ1) is 19.0. The van der Waals surface area contributed by atoms with E-state index in [0.29, 0.717) is 12.5 Å². The number of carbonyl (C=O) groups excluding carboxylic acids is 1. The Morgan fingerprint density at radius 1 is 1.50 bits per heavy atom. The van der Waals surface area contributed by atoms with Gasteiger partial charge in [-0.25, -0.2) is 0 Å². The predicted molar refractivity (Wildman–Crippen MR) is 89.4 cm³/mol. The summed E-state index contributed by atoms with van der Waals surface area (Å²) in [6, 6.07) is 5.62. The quantitative estimate of drug-likeness (QED) is 0.248. The second kappa shape index (κ2) is 9.15. The van der Waals surface area contributed by atoms with Crippen LogP contribution in [0.15, 0.2) is 30.0 Å². The molecule has 2 N–H and O–H groups in total. The van der Waals surface area contributed by atoms with Crippen molar-refractivity contribution in [3.8, 4) is 11.8 Å². The molecule has 128 valence electrons. The molecule has 0 spiro atoms. The lowest BCUT2D eigenvalue weighted by atomic mass is 10.1. The van der Waals surface area contributed by atoms with E-state index in [1.165, 1.54) is 31.5 Å². The number of rotatable bonds is 8. The molecule has 0 aliphatic carbocycles. The summed E-state index contributed by atoms with van der Waals surface area (Å²) >= 11 is 0. The summed E-state index contributed by atoms with van der Waals surface area (Å²) in [5.74, 6) is 0.0268. The van der Waals surface area contributed by atoms with Gasteiger partial charge in [0.2, 0.25) is 0 Å². The monoisotopic (exact) mass is 332 g/mol. The summed E-state index contributed by atoms with van der Waals surface area (Å²) in [6.45, 7) is 4.80. The van der Waals surface area contributed by atoms with E-state index in [-0.39, 0.29) is 22.7 Å². The Bertz CT molecular complexity index is 677. The van der Waals surface area contributed by atoms with Gasteiger partial charge >= 0.3 is 0 Å². The number of nitrogens with zero attached hydrogens (tertiary/aromatic N) is 2. The van der Waals surface area contributed by atoms with E-state index in [1.807, 2.05) is 6.07 Å². The van der Waals surface area contributed by atoms with Crippen molar-refractivity contribution in [2.75, 3.05) is 19.0 Å². The molecule has 1 aromatic rings. The van der Waals surface area contributed by atoms with Crippen molar-refractivity contribution in [2.45, 2.75) is 20.3 Å². The maximum Gasteiger partial charge on any atom is 0.273 e. The Kier molecular flexibility index (Phi) is 7.23. The SMILES string of the molecule is COc1cc([N+](=O)[O-])ccc1NC(=O)/C(C#N)=C\NCCC(C)C. The van der Waals surface area contributed by atoms with E-state index >= 15 is 0 Å². The molecular weight excluding hydrogens is 312 g/mol. The highest BCUT2D eigenvalue weighted by Crippen LogP contribution is 2.29. The normalized spacial score (nSPS) is 10.9. The molecule has 1 aromatic carbocycles. The van der Waals surface area contributed by atoms with Crippen LogP contribution in [0.2, 0.25) is 0 Å². The third kappa shape index (κ3) is 5.61. The van der Waals surface area contributed by atoms with Gasteiger partial charge in [0, 0.05) is 18.8 Å². The number of carbonyl (C=O) groups is 1. The molecule has 0 radical (unpaired) electrons. The van der Waals surface area contributed by atoms with Gasteiger partial charge in [0.25, 0.3) is 11.6 Å². The van der Waals surface area contributed by atoms with Crippen molar-refractivity contribution in [1.29, 1.82) is 5.26 Å². The number of nitro benzene ring substituents is 1. The average Bonchev–Trinajstić information content (AvgIpc) is 2.54. The zero-order valence-corrected chi connectivity index (χ0v) is 13.8. The minimum absolute atomic E-state index is 0.0980. The number of benzene rings is 1. The first-order chi connectivity index (χ1) is 11.4. The van der Waals surface area contributed by atoms with Crippen LogP contribution in [0.1, 0.15) is 20.3 Å². The van der Waals surface area contributed by atoms with Gasteiger partial charge in [-0.3, -0.25) is 14.9 Å². The molecule has 8 nitrogen and oxygen atoms in total.